The van der Waals surface area contributed by atoms with E-state index in [0.717, 1.165) is 24.2 Å². The van der Waals surface area contributed by atoms with Crippen molar-refractivity contribution in [3.05, 3.63) is 0 Å². The van der Waals surface area contributed by atoms with Crippen molar-refractivity contribution in [1.82, 2.24) is 4.90 Å². The average Bonchev–Trinajstić information content (AvgIpc) is 2.39. The molecule has 0 bridgehead atoms. The summed E-state index contributed by atoms with van der Waals surface area (Å²) in [6, 6.07) is 0. The number of carbonyl (C=O) groups is 3. The lowest BCUT2D eigenvalue weighted by Gasteiger charge is -2.18. The van der Waals surface area contributed by atoms with Crippen LogP contribution in [0.3, 0.4) is 0 Å². The van der Waals surface area contributed by atoms with Crippen molar-refractivity contribution in [1.29, 1.82) is 0 Å². The molecule has 0 heterocycles. The summed E-state index contributed by atoms with van der Waals surface area (Å²) in [5.74, 6) is -2.79. The van der Waals surface area contributed by atoms with E-state index in [4.69, 9.17) is 10.2 Å². The van der Waals surface area contributed by atoms with Crippen LogP contribution in [-0.2, 0) is 14.4 Å². The zero-order valence-corrected chi connectivity index (χ0v) is 12.8. The first-order valence-electron chi connectivity index (χ1n) is 7.68. The minimum atomic E-state index is -1.19. The highest BCUT2D eigenvalue weighted by Crippen LogP contribution is 2.10. The van der Waals surface area contributed by atoms with Gasteiger partial charge in [0, 0.05) is 6.42 Å². The Bertz CT molecular complexity index is 314. The van der Waals surface area contributed by atoms with Gasteiger partial charge in [0.05, 0.1) is 0 Å². The molecule has 6 heteroatoms. The number of rotatable bonds is 13. The van der Waals surface area contributed by atoms with Crippen molar-refractivity contribution in [3.8, 4) is 0 Å². The fourth-order valence-corrected chi connectivity index (χ4v) is 2.13. The third kappa shape index (κ3) is 11.9. The van der Waals surface area contributed by atoms with E-state index < -0.39 is 30.9 Å². The van der Waals surface area contributed by atoms with E-state index >= 15 is 0 Å². The Labute approximate surface area is 126 Å². The summed E-state index contributed by atoms with van der Waals surface area (Å²) in [6.45, 7) is 1.07. The normalized spacial score (nSPS) is 10.3. The molecule has 0 aliphatic rings. The Kier molecular flexibility index (Phi) is 11.3. The van der Waals surface area contributed by atoms with Crippen molar-refractivity contribution < 1.29 is 24.6 Å². The molecule has 21 heavy (non-hydrogen) atoms. The summed E-state index contributed by atoms with van der Waals surface area (Å²) in [4.78, 5) is 33.9. The van der Waals surface area contributed by atoms with E-state index in [-0.39, 0.29) is 6.42 Å². The minimum absolute atomic E-state index is 0.218. The summed E-state index contributed by atoms with van der Waals surface area (Å²) < 4.78 is 0. The second-order valence-corrected chi connectivity index (χ2v) is 5.26. The average molecular weight is 301 g/mol. The molecule has 0 saturated heterocycles. The van der Waals surface area contributed by atoms with Crippen LogP contribution in [0, 0.1) is 0 Å². The first-order chi connectivity index (χ1) is 9.97. The predicted molar refractivity (Wildman–Crippen MR) is 79.1 cm³/mol. The lowest BCUT2D eigenvalue weighted by molar-refractivity contribution is -0.149. The number of unbranched alkanes of at least 4 members (excludes halogenated alkanes) is 7. The quantitative estimate of drug-likeness (QED) is 0.510. The first-order valence-corrected chi connectivity index (χ1v) is 7.68. The smallest absolute Gasteiger partial charge is 0.323 e. The van der Waals surface area contributed by atoms with Crippen LogP contribution in [0.5, 0.6) is 0 Å². The van der Waals surface area contributed by atoms with Gasteiger partial charge in [-0.2, -0.15) is 0 Å². The molecule has 0 atom stereocenters. The number of hydrogen-bond donors (Lipinski definition) is 2. The largest absolute Gasteiger partial charge is 0.480 e. The Morgan fingerprint density at radius 2 is 1.19 bits per heavy atom. The van der Waals surface area contributed by atoms with Gasteiger partial charge in [0.1, 0.15) is 13.1 Å². The van der Waals surface area contributed by atoms with Gasteiger partial charge in [-0.1, -0.05) is 51.9 Å². The Balaban J connectivity index is 3.82. The Morgan fingerprint density at radius 1 is 0.762 bits per heavy atom. The summed E-state index contributed by atoms with van der Waals surface area (Å²) in [5, 5.41) is 17.3. The molecular formula is C15H27NO5. The highest BCUT2D eigenvalue weighted by atomic mass is 16.4. The molecule has 0 fully saturated rings. The molecule has 0 aliphatic carbocycles. The van der Waals surface area contributed by atoms with E-state index in [1.165, 1.54) is 25.7 Å². The van der Waals surface area contributed by atoms with Crippen LogP contribution in [-0.4, -0.2) is 46.0 Å². The predicted octanol–water partition coefficient (Wildman–Crippen LogP) is 2.51. The van der Waals surface area contributed by atoms with Crippen molar-refractivity contribution in [3.63, 3.8) is 0 Å². The first kappa shape index (κ1) is 19.4. The molecule has 0 aromatic heterocycles. The molecule has 122 valence electrons. The molecule has 1 amide bonds. The molecule has 0 radical (unpaired) electrons. The highest BCUT2D eigenvalue weighted by molar-refractivity contribution is 5.85. The monoisotopic (exact) mass is 301 g/mol. The number of carboxylic acid groups (broad SMARTS) is 2. The summed E-state index contributed by atoms with van der Waals surface area (Å²) >= 11 is 0. The SMILES string of the molecule is CCCCCCCCCCC(=O)N(CC(=O)O)CC(=O)O. The van der Waals surface area contributed by atoms with Crippen LogP contribution in [0.25, 0.3) is 0 Å². The molecule has 2 N–H and O–H groups in total. The van der Waals surface area contributed by atoms with E-state index in [9.17, 15) is 14.4 Å². The number of aliphatic carboxylic acids is 2. The van der Waals surface area contributed by atoms with E-state index in [2.05, 4.69) is 6.92 Å². The number of hydrogen-bond acceptors (Lipinski definition) is 3. The molecule has 0 spiro atoms. The van der Waals surface area contributed by atoms with Crippen molar-refractivity contribution >= 4 is 17.8 Å². The maximum Gasteiger partial charge on any atom is 0.323 e. The van der Waals surface area contributed by atoms with E-state index in [1.807, 2.05) is 0 Å². The van der Waals surface area contributed by atoms with Gasteiger partial charge in [0.15, 0.2) is 0 Å². The number of nitrogens with zero attached hydrogens (tertiary/aromatic N) is 1. The number of amides is 1. The number of carbonyl (C=O) groups excluding carboxylic acids is 1. The minimum Gasteiger partial charge on any atom is -0.480 e. The van der Waals surface area contributed by atoms with Crippen LogP contribution < -0.4 is 0 Å². The van der Waals surface area contributed by atoms with Gasteiger partial charge in [-0.3, -0.25) is 14.4 Å². The van der Waals surface area contributed by atoms with Gasteiger partial charge < -0.3 is 15.1 Å². The highest BCUT2D eigenvalue weighted by Gasteiger charge is 2.18. The van der Waals surface area contributed by atoms with Crippen molar-refractivity contribution in [2.75, 3.05) is 13.1 Å². The van der Waals surface area contributed by atoms with Crippen LogP contribution in [0.2, 0.25) is 0 Å². The van der Waals surface area contributed by atoms with Gasteiger partial charge in [0.2, 0.25) is 5.91 Å². The van der Waals surface area contributed by atoms with Crippen molar-refractivity contribution in [2.45, 2.75) is 64.7 Å². The van der Waals surface area contributed by atoms with E-state index in [0.29, 0.717) is 6.42 Å². The summed E-state index contributed by atoms with van der Waals surface area (Å²) in [5.41, 5.74) is 0. The molecule has 0 aromatic carbocycles. The topological polar surface area (TPSA) is 94.9 Å². The third-order valence-electron chi connectivity index (χ3n) is 3.25. The zero-order chi connectivity index (χ0) is 16.1. The molecule has 0 saturated carbocycles. The standard InChI is InChI=1S/C15H27NO5/c1-2-3-4-5-6-7-8-9-10-13(17)16(11-14(18)19)12-15(20)21/h2-12H2,1H3,(H,18,19)(H,20,21). The van der Waals surface area contributed by atoms with Gasteiger partial charge in [-0.15, -0.1) is 0 Å². The van der Waals surface area contributed by atoms with Crippen LogP contribution in [0.15, 0.2) is 0 Å². The molecule has 0 unspecified atom stereocenters. The molecular weight excluding hydrogens is 274 g/mol. The lowest BCUT2D eigenvalue weighted by atomic mass is 10.1. The van der Waals surface area contributed by atoms with Crippen LogP contribution in [0.1, 0.15) is 64.7 Å². The molecule has 0 rings (SSSR count). The second kappa shape index (κ2) is 12.2. The van der Waals surface area contributed by atoms with Gasteiger partial charge >= 0.3 is 11.9 Å². The summed E-state index contributed by atoms with van der Waals surface area (Å²) in [6.07, 6.45) is 8.99. The van der Waals surface area contributed by atoms with Crippen LogP contribution >= 0.6 is 0 Å². The van der Waals surface area contributed by atoms with Gasteiger partial charge in [-0.25, -0.2) is 0 Å². The third-order valence-corrected chi connectivity index (χ3v) is 3.25. The molecule has 0 aliphatic heterocycles. The zero-order valence-electron chi connectivity index (χ0n) is 12.8. The fourth-order valence-electron chi connectivity index (χ4n) is 2.13. The van der Waals surface area contributed by atoms with Gasteiger partial charge in [-0.05, 0) is 6.42 Å². The van der Waals surface area contributed by atoms with Gasteiger partial charge in [0.25, 0.3) is 0 Å². The van der Waals surface area contributed by atoms with Crippen molar-refractivity contribution in [2.24, 2.45) is 0 Å². The Hall–Kier alpha value is -1.59. The Morgan fingerprint density at radius 3 is 1.62 bits per heavy atom. The number of carboxylic acids is 2. The maximum atomic E-state index is 11.8. The fraction of sp³-hybridized carbons (Fsp3) is 0.800. The molecule has 0 aromatic rings. The van der Waals surface area contributed by atoms with Crippen LogP contribution in [0.4, 0.5) is 0 Å². The molecule has 6 nitrogen and oxygen atoms in total. The lowest BCUT2D eigenvalue weighted by Crippen LogP contribution is -2.39. The van der Waals surface area contributed by atoms with E-state index in [1.54, 1.807) is 0 Å². The summed E-state index contributed by atoms with van der Waals surface area (Å²) in [7, 11) is 0. The second-order valence-electron chi connectivity index (χ2n) is 5.26. The maximum absolute atomic E-state index is 11.8.